The molecule has 1 saturated heterocycles. The third kappa shape index (κ3) is 3.30. The molecule has 1 saturated carbocycles. The molecule has 4 atom stereocenters. The Morgan fingerprint density at radius 3 is 2.48 bits per heavy atom. The highest BCUT2D eigenvalue weighted by molar-refractivity contribution is 6.19. The Labute approximate surface area is 234 Å². The molecule has 1 aromatic carbocycles. The SMILES string of the molecule is CC(C)=CCc1c2c(c(O)c3c1O[C@@]14C(=C[C@H]5CC1C(C)(C)O[C@]4(C/C=C(\C)C=O)C5=O)C3=O)C=CC(C)(C)O2. The lowest BCUT2D eigenvalue weighted by molar-refractivity contribution is -0.171. The summed E-state index contributed by atoms with van der Waals surface area (Å²) in [4.78, 5) is 40.1. The third-order valence-corrected chi connectivity index (χ3v) is 9.23. The van der Waals surface area contributed by atoms with E-state index in [1.165, 1.54) is 0 Å². The first kappa shape index (κ1) is 26.8. The average Bonchev–Trinajstić information content (AvgIpc) is 3.03. The molecule has 7 rings (SSSR count). The first-order valence-electron chi connectivity index (χ1n) is 13.9. The van der Waals surface area contributed by atoms with Crippen molar-refractivity contribution in [2.75, 3.05) is 0 Å². The normalized spacial score (nSPS) is 31.9. The number of fused-ring (bicyclic) bond motifs is 2. The molecule has 1 N–H and O–H groups in total. The first-order valence-corrected chi connectivity index (χ1v) is 13.9. The van der Waals surface area contributed by atoms with Gasteiger partial charge in [-0.1, -0.05) is 23.8 Å². The number of allylic oxidation sites excluding steroid dienone is 4. The maximum absolute atomic E-state index is 14.5. The second-order valence-corrected chi connectivity index (χ2v) is 13.1. The van der Waals surface area contributed by atoms with Crippen molar-refractivity contribution >= 4 is 23.9 Å². The highest BCUT2D eigenvalue weighted by Gasteiger charge is 2.81. The van der Waals surface area contributed by atoms with Gasteiger partial charge < -0.3 is 19.3 Å². The summed E-state index contributed by atoms with van der Waals surface area (Å²) in [6, 6.07) is 0. The molecule has 7 nitrogen and oxygen atoms in total. The van der Waals surface area contributed by atoms with Crippen LogP contribution >= 0.6 is 0 Å². The molecule has 3 aliphatic carbocycles. The van der Waals surface area contributed by atoms with Crippen molar-refractivity contribution in [3.05, 3.63) is 57.7 Å². The molecule has 210 valence electrons. The zero-order valence-corrected chi connectivity index (χ0v) is 24.1. The highest BCUT2D eigenvalue weighted by atomic mass is 16.6. The number of carbonyl (C=O) groups is 3. The van der Waals surface area contributed by atoms with Crippen LogP contribution in [0.2, 0.25) is 0 Å². The van der Waals surface area contributed by atoms with Gasteiger partial charge in [0.15, 0.2) is 22.8 Å². The molecular weight excluding hydrogens is 508 g/mol. The number of aldehydes is 1. The molecule has 6 aliphatic rings. The van der Waals surface area contributed by atoms with Gasteiger partial charge in [0.05, 0.1) is 11.2 Å². The minimum Gasteiger partial charge on any atom is -0.506 e. The number of phenolic OH excluding ortho intramolecular Hbond substituents is 1. The van der Waals surface area contributed by atoms with Crippen LogP contribution in [0.1, 0.15) is 82.8 Å². The summed E-state index contributed by atoms with van der Waals surface area (Å²) in [6.07, 6.45) is 10.8. The Balaban J connectivity index is 1.67. The lowest BCUT2D eigenvalue weighted by atomic mass is 9.51. The van der Waals surface area contributed by atoms with Crippen molar-refractivity contribution < 1.29 is 33.7 Å². The molecule has 3 aliphatic heterocycles. The van der Waals surface area contributed by atoms with E-state index in [-0.39, 0.29) is 41.0 Å². The number of hydrogen-bond donors (Lipinski definition) is 1. The van der Waals surface area contributed by atoms with Crippen molar-refractivity contribution in [2.24, 2.45) is 11.8 Å². The van der Waals surface area contributed by atoms with Gasteiger partial charge in [-0.05, 0) is 79.0 Å². The Morgan fingerprint density at radius 1 is 1.07 bits per heavy atom. The summed E-state index contributed by atoms with van der Waals surface area (Å²) in [5.41, 5.74) is -1.26. The summed E-state index contributed by atoms with van der Waals surface area (Å²) in [7, 11) is 0. The van der Waals surface area contributed by atoms with E-state index >= 15 is 0 Å². The summed E-state index contributed by atoms with van der Waals surface area (Å²) in [5.74, 6) is -0.814. The van der Waals surface area contributed by atoms with E-state index in [2.05, 4.69) is 0 Å². The van der Waals surface area contributed by atoms with E-state index in [1.54, 1.807) is 25.2 Å². The minimum absolute atomic E-state index is 0.0905. The molecule has 4 bridgehead atoms. The van der Waals surface area contributed by atoms with Gasteiger partial charge in [0.1, 0.15) is 34.7 Å². The molecular formula is C33H36O7. The maximum atomic E-state index is 14.5. The summed E-state index contributed by atoms with van der Waals surface area (Å²) < 4.78 is 20.2. The molecule has 1 aromatic rings. The molecule has 0 radical (unpaired) electrons. The number of ketones is 2. The van der Waals surface area contributed by atoms with Gasteiger partial charge in [-0.2, -0.15) is 0 Å². The molecule has 3 heterocycles. The minimum atomic E-state index is -1.49. The van der Waals surface area contributed by atoms with E-state index in [0.717, 1.165) is 11.9 Å². The predicted octanol–water partition coefficient (Wildman–Crippen LogP) is 5.63. The van der Waals surface area contributed by atoms with Gasteiger partial charge in [-0.25, -0.2) is 0 Å². The van der Waals surface area contributed by atoms with Crippen LogP contribution < -0.4 is 9.47 Å². The van der Waals surface area contributed by atoms with Crippen LogP contribution in [0.3, 0.4) is 0 Å². The van der Waals surface area contributed by atoms with Crippen LogP contribution in [0.5, 0.6) is 17.2 Å². The molecule has 1 spiro atoms. The van der Waals surface area contributed by atoms with Crippen LogP contribution in [-0.4, -0.2) is 45.4 Å². The van der Waals surface area contributed by atoms with Gasteiger partial charge in [-0.3, -0.25) is 14.4 Å². The maximum Gasteiger partial charge on any atom is 0.200 e. The van der Waals surface area contributed by atoms with Crippen molar-refractivity contribution in [3.63, 3.8) is 0 Å². The van der Waals surface area contributed by atoms with Gasteiger partial charge >= 0.3 is 0 Å². The Kier molecular flexibility index (Phi) is 5.54. The smallest absolute Gasteiger partial charge is 0.200 e. The zero-order chi connectivity index (χ0) is 29.0. The Hall–Kier alpha value is -3.45. The molecule has 0 aromatic heterocycles. The number of rotatable bonds is 5. The van der Waals surface area contributed by atoms with Gasteiger partial charge in [-0.15, -0.1) is 0 Å². The topological polar surface area (TPSA) is 99.1 Å². The lowest BCUT2D eigenvalue weighted by Gasteiger charge is -2.56. The number of Topliss-reactive ketones (excluding diaryl/α,β-unsaturated/α-hetero) is 2. The van der Waals surface area contributed by atoms with E-state index in [9.17, 15) is 19.5 Å². The summed E-state index contributed by atoms with van der Waals surface area (Å²) >= 11 is 0. The fraction of sp³-hybridized carbons (Fsp3) is 0.485. The van der Waals surface area contributed by atoms with Crippen molar-refractivity contribution in [2.45, 2.75) is 90.1 Å². The molecule has 1 unspecified atom stereocenters. The highest BCUT2D eigenvalue weighted by Crippen LogP contribution is 2.68. The second-order valence-electron chi connectivity index (χ2n) is 13.1. The average molecular weight is 545 g/mol. The van der Waals surface area contributed by atoms with Crippen LogP contribution in [0, 0.1) is 11.8 Å². The second kappa shape index (κ2) is 8.29. The fourth-order valence-corrected chi connectivity index (χ4v) is 7.41. The third-order valence-electron chi connectivity index (χ3n) is 9.23. The summed E-state index contributed by atoms with van der Waals surface area (Å²) in [5, 5.41) is 11.5. The quantitative estimate of drug-likeness (QED) is 0.292. The summed E-state index contributed by atoms with van der Waals surface area (Å²) in [6.45, 7) is 13.4. The zero-order valence-electron chi connectivity index (χ0n) is 24.1. The predicted molar refractivity (Wildman–Crippen MR) is 150 cm³/mol. The van der Waals surface area contributed by atoms with Crippen molar-refractivity contribution in [1.82, 2.24) is 0 Å². The van der Waals surface area contributed by atoms with Crippen molar-refractivity contribution in [3.8, 4) is 17.2 Å². The Morgan fingerprint density at radius 2 is 1.80 bits per heavy atom. The van der Waals surface area contributed by atoms with Gasteiger partial charge in [0.2, 0.25) is 0 Å². The Bertz CT molecular complexity index is 1510. The first-order chi connectivity index (χ1) is 18.7. The molecule has 2 fully saturated rings. The lowest BCUT2D eigenvalue weighted by Crippen LogP contribution is -2.72. The number of benzene rings is 1. The van der Waals surface area contributed by atoms with Gasteiger partial charge in [0.25, 0.3) is 0 Å². The van der Waals surface area contributed by atoms with E-state index < -0.39 is 28.3 Å². The standard InChI is InChI=1S/C33H36O7/c1-17(2)8-9-21-27-20(11-12-30(4,5)38-27)25(35)24-26(36)22-14-19-15-23-31(6,7)40-32(29(19)37,13-10-18(3)16-34)33(22,23)39-28(21)24/h8,10-12,14,16,19,23,35H,9,13,15H2,1-7H3/b18-10+/t19-,23?,32+,33-/m0/s1. The molecule has 7 heteroatoms. The van der Waals surface area contributed by atoms with Crippen LogP contribution in [0.25, 0.3) is 6.08 Å². The monoisotopic (exact) mass is 544 g/mol. The number of aromatic hydroxyl groups is 1. The van der Waals surface area contributed by atoms with Crippen LogP contribution in [0.4, 0.5) is 0 Å². The van der Waals surface area contributed by atoms with Gasteiger partial charge in [0, 0.05) is 29.4 Å². The van der Waals surface area contributed by atoms with Crippen LogP contribution in [0.15, 0.2) is 41.0 Å². The van der Waals surface area contributed by atoms with Crippen molar-refractivity contribution in [1.29, 1.82) is 0 Å². The number of phenols is 1. The molecule has 40 heavy (non-hydrogen) atoms. The van der Waals surface area contributed by atoms with Crippen LogP contribution in [-0.2, 0) is 20.7 Å². The fourth-order valence-electron chi connectivity index (χ4n) is 7.41. The van der Waals surface area contributed by atoms with E-state index in [4.69, 9.17) is 14.2 Å². The number of ether oxygens (including phenoxy) is 3. The number of carbonyl (C=O) groups excluding carboxylic acids is 3. The van der Waals surface area contributed by atoms with E-state index in [0.29, 0.717) is 40.9 Å². The molecule has 0 amide bonds. The van der Waals surface area contributed by atoms with E-state index in [1.807, 2.05) is 53.7 Å². The largest absolute Gasteiger partial charge is 0.506 e. The number of hydrogen-bond acceptors (Lipinski definition) is 7.